The third-order valence-electron chi connectivity index (χ3n) is 5.48. The molecule has 2 amide bonds. The number of amides is 2. The zero-order valence-corrected chi connectivity index (χ0v) is 17.9. The van der Waals surface area contributed by atoms with Gasteiger partial charge >= 0.3 is 0 Å². The second-order valence-electron chi connectivity index (χ2n) is 7.30. The quantitative estimate of drug-likeness (QED) is 0.682. The average molecular weight is 419 g/mol. The molecule has 0 spiro atoms. The van der Waals surface area contributed by atoms with Crippen molar-refractivity contribution in [2.24, 2.45) is 0 Å². The van der Waals surface area contributed by atoms with E-state index in [1.807, 2.05) is 25.3 Å². The van der Waals surface area contributed by atoms with E-state index in [1.54, 1.807) is 39.3 Å². The number of fused-ring (bicyclic) bond motifs is 1. The highest BCUT2D eigenvalue weighted by Gasteiger charge is 2.33. The predicted octanol–water partition coefficient (Wildman–Crippen LogP) is 4.04. The van der Waals surface area contributed by atoms with Gasteiger partial charge in [-0.05, 0) is 48.9 Å². The molecule has 0 saturated carbocycles. The van der Waals surface area contributed by atoms with Gasteiger partial charge in [0.05, 0.1) is 12.6 Å². The number of halogens is 1. The topological polar surface area (TPSA) is 49.9 Å². The van der Waals surface area contributed by atoms with Crippen molar-refractivity contribution in [3.8, 4) is 5.75 Å². The standard InChI is InChI=1S/C22H27FN2O3S/c1-4-15(2)25(16(3)26)13-22(27)24-11-9-21-17(10-12-29-21)19(24)14-28-20-8-6-5-7-18(20)23/h5-8,10,12,15,19H,4,9,11,13-14H2,1-3H3. The van der Waals surface area contributed by atoms with Crippen molar-refractivity contribution in [1.82, 2.24) is 9.80 Å². The second-order valence-corrected chi connectivity index (χ2v) is 8.30. The molecule has 5 nitrogen and oxygen atoms in total. The maximum atomic E-state index is 14.0. The molecule has 1 aromatic carbocycles. The Morgan fingerprint density at radius 3 is 2.79 bits per heavy atom. The molecule has 0 N–H and O–H groups in total. The molecule has 2 unspecified atom stereocenters. The molecule has 2 heterocycles. The number of carbonyl (C=O) groups is 2. The summed E-state index contributed by atoms with van der Waals surface area (Å²) >= 11 is 1.66. The van der Waals surface area contributed by atoms with E-state index in [0.717, 1.165) is 18.4 Å². The van der Waals surface area contributed by atoms with Crippen LogP contribution in [0.4, 0.5) is 4.39 Å². The molecule has 156 valence electrons. The predicted molar refractivity (Wildman–Crippen MR) is 112 cm³/mol. The summed E-state index contributed by atoms with van der Waals surface area (Å²) in [7, 11) is 0. The fraction of sp³-hybridized carbons (Fsp3) is 0.455. The van der Waals surface area contributed by atoms with Crippen LogP contribution in [0.3, 0.4) is 0 Å². The van der Waals surface area contributed by atoms with Gasteiger partial charge in [-0.3, -0.25) is 9.59 Å². The summed E-state index contributed by atoms with van der Waals surface area (Å²) in [5.74, 6) is -0.474. The average Bonchev–Trinajstić information content (AvgIpc) is 3.19. The number of para-hydroxylation sites is 1. The highest BCUT2D eigenvalue weighted by atomic mass is 32.1. The molecule has 2 atom stereocenters. The first-order valence-electron chi connectivity index (χ1n) is 9.92. The molecule has 0 saturated heterocycles. The van der Waals surface area contributed by atoms with E-state index in [4.69, 9.17) is 4.74 Å². The zero-order valence-electron chi connectivity index (χ0n) is 17.1. The summed E-state index contributed by atoms with van der Waals surface area (Å²) in [5.41, 5.74) is 1.05. The van der Waals surface area contributed by atoms with Gasteiger partial charge in [-0.15, -0.1) is 11.3 Å². The number of hydrogen-bond donors (Lipinski definition) is 0. The molecule has 29 heavy (non-hydrogen) atoms. The molecule has 1 aromatic heterocycles. The Bertz CT molecular complexity index is 869. The Labute approximate surface area is 175 Å². The third-order valence-corrected chi connectivity index (χ3v) is 6.48. The zero-order chi connectivity index (χ0) is 21.0. The lowest BCUT2D eigenvalue weighted by atomic mass is 10.00. The number of thiophene rings is 1. The minimum Gasteiger partial charge on any atom is -0.488 e. The summed E-state index contributed by atoms with van der Waals surface area (Å²) < 4.78 is 19.7. The van der Waals surface area contributed by atoms with Crippen LogP contribution in [0.2, 0.25) is 0 Å². The van der Waals surface area contributed by atoms with E-state index in [0.29, 0.717) is 6.54 Å². The molecule has 7 heteroatoms. The number of benzene rings is 1. The lowest BCUT2D eigenvalue weighted by molar-refractivity contribution is -0.143. The summed E-state index contributed by atoms with van der Waals surface area (Å²) in [6.45, 7) is 6.20. The molecule has 0 fully saturated rings. The minimum absolute atomic E-state index is 0.00827. The van der Waals surface area contributed by atoms with Crippen LogP contribution in [0.5, 0.6) is 5.75 Å². The molecular weight excluding hydrogens is 391 g/mol. The third kappa shape index (κ3) is 4.78. The fourth-order valence-electron chi connectivity index (χ4n) is 3.64. The molecule has 3 rings (SSSR count). The first-order chi connectivity index (χ1) is 13.9. The smallest absolute Gasteiger partial charge is 0.242 e. The Balaban J connectivity index is 1.79. The number of hydrogen-bond acceptors (Lipinski definition) is 4. The van der Waals surface area contributed by atoms with Crippen LogP contribution in [-0.4, -0.2) is 47.4 Å². The number of rotatable bonds is 7. The van der Waals surface area contributed by atoms with Gasteiger partial charge < -0.3 is 14.5 Å². The largest absolute Gasteiger partial charge is 0.488 e. The maximum Gasteiger partial charge on any atom is 0.242 e. The minimum atomic E-state index is -0.425. The highest BCUT2D eigenvalue weighted by Crippen LogP contribution is 2.34. The maximum absolute atomic E-state index is 14.0. The molecule has 0 bridgehead atoms. The Morgan fingerprint density at radius 1 is 1.34 bits per heavy atom. The molecule has 0 aliphatic carbocycles. The summed E-state index contributed by atoms with van der Waals surface area (Å²) in [6, 6.07) is 7.96. The summed E-state index contributed by atoms with van der Waals surface area (Å²) in [6.07, 6.45) is 1.56. The van der Waals surface area contributed by atoms with Crippen LogP contribution >= 0.6 is 11.3 Å². The summed E-state index contributed by atoms with van der Waals surface area (Å²) in [4.78, 5) is 29.8. The van der Waals surface area contributed by atoms with Gasteiger partial charge in [0.15, 0.2) is 11.6 Å². The SMILES string of the molecule is CCC(C)N(CC(=O)N1CCc2sccc2C1COc1ccccc1F)C(C)=O. The van der Waals surface area contributed by atoms with Gasteiger partial charge in [0, 0.05) is 24.4 Å². The second kappa shape index (κ2) is 9.39. The van der Waals surface area contributed by atoms with Crippen molar-refractivity contribution in [2.45, 2.75) is 45.7 Å². The van der Waals surface area contributed by atoms with Crippen LogP contribution in [0.1, 0.15) is 43.7 Å². The first-order valence-corrected chi connectivity index (χ1v) is 10.8. The molecule has 2 aromatic rings. The Kier molecular flexibility index (Phi) is 6.90. The van der Waals surface area contributed by atoms with Crippen molar-refractivity contribution >= 4 is 23.2 Å². The van der Waals surface area contributed by atoms with Crippen LogP contribution in [0.25, 0.3) is 0 Å². The van der Waals surface area contributed by atoms with Crippen LogP contribution in [-0.2, 0) is 16.0 Å². The Hall–Kier alpha value is -2.41. The number of carbonyl (C=O) groups excluding carboxylic acids is 2. The van der Waals surface area contributed by atoms with E-state index in [-0.39, 0.29) is 42.8 Å². The van der Waals surface area contributed by atoms with Gasteiger partial charge in [0.2, 0.25) is 11.8 Å². The lowest BCUT2D eigenvalue weighted by Gasteiger charge is -2.37. The van der Waals surface area contributed by atoms with Gasteiger partial charge in [0.1, 0.15) is 6.61 Å². The van der Waals surface area contributed by atoms with Crippen molar-refractivity contribution in [3.63, 3.8) is 0 Å². The van der Waals surface area contributed by atoms with Gasteiger partial charge in [-0.2, -0.15) is 0 Å². The highest BCUT2D eigenvalue weighted by molar-refractivity contribution is 7.10. The van der Waals surface area contributed by atoms with Gasteiger partial charge in [-0.25, -0.2) is 4.39 Å². The van der Waals surface area contributed by atoms with E-state index >= 15 is 0 Å². The van der Waals surface area contributed by atoms with E-state index < -0.39 is 5.82 Å². The van der Waals surface area contributed by atoms with E-state index in [9.17, 15) is 14.0 Å². The van der Waals surface area contributed by atoms with Crippen LogP contribution in [0.15, 0.2) is 35.7 Å². The van der Waals surface area contributed by atoms with E-state index in [2.05, 4.69) is 0 Å². The molecule has 1 aliphatic heterocycles. The first kappa shape index (κ1) is 21.3. The summed E-state index contributed by atoms with van der Waals surface area (Å²) in [5, 5.41) is 2.01. The van der Waals surface area contributed by atoms with Crippen LogP contribution < -0.4 is 4.74 Å². The van der Waals surface area contributed by atoms with Crippen molar-refractivity contribution in [2.75, 3.05) is 19.7 Å². The monoisotopic (exact) mass is 418 g/mol. The number of ether oxygens (including phenoxy) is 1. The van der Waals surface area contributed by atoms with Gasteiger partial charge in [-0.1, -0.05) is 19.1 Å². The molecular formula is C22H27FN2O3S. The van der Waals surface area contributed by atoms with Gasteiger partial charge in [0.25, 0.3) is 0 Å². The van der Waals surface area contributed by atoms with Crippen molar-refractivity contribution in [1.29, 1.82) is 0 Å². The van der Waals surface area contributed by atoms with E-state index in [1.165, 1.54) is 17.9 Å². The molecule has 0 radical (unpaired) electrons. The lowest BCUT2D eigenvalue weighted by Crippen LogP contribution is -2.49. The van der Waals surface area contributed by atoms with Crippen molar-refractivity contribution in [3.05, 3.63) is 52.0 Å². The van der Waals surface area contributed by atoms with Crippen LogP contribution in [0, 0.1) is 5.82 Å². The normalized spacial score (nSPS) is 16.8. The van der Waals surface area contributed by atoms with Crippen molar-refractivity contribution < 1.29 is 18.7 Å². The fourth-order valence-corrected chi connectivity index (χ4v) is 4.57. The molecule has 1 aliphatic rings. The number of nitrogens with zero attached hydrogens (tertiary/aromatic N) is 2. The Morgan fingerprint density at radius 2 is 2.10 bits per heavy atom.